The molecule has 1 N–H and O–H groups in total. The van der Waals surface area contributed by atoms with Crippen molar-refractivity contribution in [2.24, 2.45) is 11.3 Å². The summed E-state index contributed by atoms with van der Waals surface area (Å²) in [5.74, 6) is -0.655. The Morgan fingerprint density at radius 3 is 2.36 bits per heavy atom. The van der Waals surface area contributed by atoms with Gasteiger partial charge in [-0.2, -0.15) is 0 Å². The van der Waals surface area contributed by atoms with Crippen molar-refractivity contribution in [3.8, 4) is 0 Å². The van der Waals surface area contributed by atoms with Gasteiger partial charge in [0, 0.05) is 0 Å². The molecule has 1 spiro atoms. The lowest BCUT2D eigenvalue weighted by molar-refractivity contribution is -0.149. The summed E-state index contributed by atoms with van der Waals surface area (Å²) >= 11 is 0. The van der Waals surface area contributed by atoms with Gasteiger partial charge in [0.15, 0.2) is 0 Å². The highest BCUT2D eigenvalue weighted by Crippen LogP contribution is 2.53. The summed E-state index contributed by atoms with van der Waals surface area (Å²) < 4.78 is 0. The smallest absolute Gasteiger partial charge is 0.306 e. The van der Waals surface area contributed by atoms with Crippen LogP contribution in [0.5, 0.6) is 0 Å². The van der Waals surface area contributed by atoms with Gasteiger partial charge in [-0.05, 0) is 31.1 Å². The second kappa shape index (κ2) is 2.10. The molecule has 0 aromatic heterocycles. The summed E-state index contributed by atoms with van der Waals surface area (Å²) in [6.45, 7) is 0. The van der Waals surface area contributed by atoms with Gasteiger partial charge in [-0.15, -0.1) is 0 Å². The summed E-state index contributed by atoms with van der Waals surface area (Å²) in [5, 5.41) is 8.66. The molecule has 0 atom stereocenters. The number of hydrogen-bond acceptors (Lipinski definition) is 1. The minimum absolute atomic E-state index is 0.0464. The third-order valence-electron chi connectivity index (χ3n) is 2.98. The van der Waals surface area contributed by atoms with E-state index >= 15 is 0 Å². The maximum atomic E-state index is 10.5. The van der Waals surface area contributed by atoms with Crippen LogP contribution in [0.2, 0.25) is 0 Å². The topological polar surface area (TPSA) is 37.3 Å². The molecule has 2 aliphatic rings. The zero-order valence-electron chi connectivity index (χ0n) is 6.42. The van der Waals surface area contributed by atoms with Crippen LogP contribution >= 0.6 is 0 Å². The highest BCUT2D eigenvalue weighted by Gasteiger charge is 2.47. The monoisotopic (exact) mass is 152 g/mol. The lowest BCUT2D eigenvalue weighted by atomic mass is 9.61. The number of carbonyl (C=O) groups is 1. The summed E-state index contributed by atoms with van der Waals surface area (Å²) in [4.78, 5) is 10.5. The van der Waals surface area contributed by atoms with E-state index in [4.69, 9.17) is 5.11 Å². The zero-order chi connectivity index (χ0) is 7.90. The van der Waals surface area contributed by atoms with E-state index < -0.39 is 5.97 Å². The van der Waals surface area contributed by atoms with E-state index in [1.54, 1.807) is 0 Å². The van der Waals surface area contributed by atoms with Crippen LogP contribution in [0.15, 0.2) is 12.2 Å². The van der Waals surface area contributed by atoms with Gasteiger partial charge in [0.1, 0.15) is 0 Å². The van der Waals surface area contributed by atoms with Crippen molar-refractivity contribution in [1.82, 2.24) is 0 Å². The first kappa shape index (κ1) is 6.89. The van der Waals surface area contributed by atoms with Gasteiger partial charge in [0.25, 0.3) is 0 Å². The zero-order valence-corrected chi connectivity index (χ0v) is 6.42. The minimum Gasteiger partial charge on any atom is -0.481 e. The fourth-order valence-electron chi connectivity index (χ4n) is 2.24. The van der Waals surface area contributed by atoms with Gasteiger partial charge in [0.2, 0.25) is 0 Å². The fraction of sp³-hybridized carbons (Fsp3) is 0.667. The Morgan fingerprint density at radius 1 is 1.36 bits per heavy atom. The number of carboxylic acid groups (broad SMARTS) is 1. The average molecular weight is 152 g/mol. The predicted octanol–water partition coefficient (Wildman–Crippen LogP) is 1.82. The van der Waals surface area contributed by atoms with Crippen LogP contribution in [-0.4, -0.2) is 11.1 Å². The number of carboxylic acids is 1. The molecule has 2 nitrogen and oxygen atoms in total. The number of allylic oxidation sites excluding steroid dienone is 2. The van der Waals surface area contributed by atoms with Crippen LogP contribution in [0.1, 0.15) is 25.7 Å². The van der Waals surface area contributed by atoms with Crippen LogP contribution in [-0.2, 0) is 4.79 Å². The van der Waals surface area contributed by atoms with E-state index in [0.717, 1.165) is 25.7 Å². The van der Waals surface area contributed by atoms with Gasteiger partial charge in [-0.3, -0.25) is 4.79 Å². The Hall–Kier alpha value is -0.790. The Balaban J connectivity index is 1.92. The van der Waals surface area contributed by atoms with Gasteiger partial charge < -0.3 is 5.11 Å². The second-order valence-electron chi connectivity index (χ2n) is 3.82. The third-order valence-corrected chi connectivity index (χ3v) is 2.98. The fourth-order valence-corrected chi connectivity index (χ4v) is 2.24. The van der Waals surface area contributed by atoms with Crippen LogP contribution in [0.4, 0.5) is 0 Å². The second-order valence-corrected chi connectivity index (χ2v) is 3.82. The van der Waals surface area contributed by atoms with Crippen molar-refractivity contribution in [1.29, 1.82) is 0 Å². The minimum atomic E-state index is -0.609. The van der Waals surface area contributed by atoms with Crippen molar-refractivity contribution in [3.63, 3.8) is 0 Å². The van der Waals surface area contributed by atoms with Crippen LogP contribution in [0.25, 0.3) is 0 Å². The van der Waals surface area contributed by atoms with Crippen molar-refractivity contribution < 1.29 is 9.90 Å². The first-order valence-corrected chi connectivity index (χ1v) is 4.10. The van der Waals surface area contributed by atoms with E-state index in [1.165, 1.54) is 0 Å². The molecule has 2 heteroatoms. The molecule has 0 saturated heterocycles. The maximum absolute atomic E-state index is 10.5. The van der Waals surface area contributed by atoms with Crippen molar-refractivity contribution >= 4 is 5.97 Å². The van der Waals surface area contributed by atoms with E-state index in [1.807, 2.05) is 0 Å². The molecule has 0 aromatic carbocycles. The van der Waals surface area contributed by atoms with E-state index in [2.05, 4.69) is 12.2 Å². The highest BCUT2D eigenvalue weighted by molar-refractivity contribution is 5.71. The largest absolute Gasteiger partial charge is 0.481 e. The normalized spacial score (nSPS) is 27.3. The summed E-state index contributed by atoms with van der Waals surface area (Å²) in [6.07, 6.45) is 8.37. The molecule has 1 saturated carbocycles. The Labute approximate surface area is 65.9 Å². The number of rotatable bonds is 1. The molecule has 0 unspecified atom stereocenters. The van der Waals surface area contributed by atoms with Crippen molar-refractivity contribution in [2.75, 3.05) is 0 Å². The number of aliphatic carboxylic acids is 1. The lowest BCUT2D eigenvalue weighted by Gasteiger charge is -2.43. The standard InChI is InChI=1S/C9H12O2/c10-8(11)7-5-9(6-7)3-1-2-4-9/h1-2,7H,3-6H2,(H,10,11). The molecular formula is C9H12O2. The number of hydrogen-bond donors (Lipinski definition) is 1. The summed E-state index contributed by atoms with van der Waals surface area (Å²) in [5.41, 5.74) is 0.378. The molecular weight excluding hydrogens is 140 g/mol. The van der Waals surface area contributed by atoms with E-state index in [0.29, 0.717) is 5.41 Å². The quantitative estimate of drug-likeness (QED) is 0.582. The van der Waals surface area contributed by atoms with Gasteiger partial charge in [-0.25, -0.2) is 0 Å². The molecule has 0 aromatic rings. The predicted molar refractivity (Wildman–Crippen MR) is 41.2 cm³/mol. The van der Waals surface area contributed by atoms with Crippen LogP contribution in [0, 0.1) is 11.3 Å². The SMILES string of the molecule is O=C(O)C1CC2(CC=CC2)C1. The molecule has 11 heavy (non-hydrogen) atoms. The molecule has 0 radical (unpaired) electrons. The van der Waals surface area contributed by atoms with E-state index in [-0.39, 0.29) is 5.92 Å². The van der Waals surface area contributed by atoms with Gasteiger partial charge in [-0.1, -0.05) is 12.2 Å². The highest BCUT2D eigenvalue weighted by atomic mass is 16.4. The molecule has 0 heterocycles. The molecule has 0 amide bonds. The van der Waals surface area contributed by atoms with Gasteiger partial charge >= 0.3 is 5.97 Å². The third kappa shape index (κ3) is 0.971. The van der Waals surface area contributed by atoms with Crippen molar-refractivity contribution in [3.05, 3.63) is 12.2 Å². The Bertz CT molecular complexity index is 202. The molecule has 1 fully saturated rings. The van der Waals surface area contributed by atoms with Crippen LogP contribution in [0.3, 0.4) is 0 Å². The maximum Gasteiger partial charge on any atom is 0.306 e. The van der Waals surface area contributed by atoms with E-state index in [9.17, 15) is 4.79 Å². The first-order chi connectivity index (χ1) is 5.22. The Kier molecular flexibility index (Phi) is 1.31. The summed E-state index contributed by atoms with van der Waals surface area (Å²) in [6, 6.07) is 0. The first-order valence-electron chi connectivity index (χ1n) is 4.10. The molecule has 60 valence electrons. The molecule has 0 aliphatic heterocycles. The summed E-state index contributed by atoms with van der Waals surface area (Å²) in [7, 11) is 0. The molecule has 2 aliphatic carbocycles. The van der Waals surface area contributed by atoms with Crippen molar-refractivity contribution in [2.45, 2.75) is 25.7 Å². The molecule has 2 rings (SSSR count). The van der Waals surface area contributed by atoms with Gasteiger partial charge in [0.05, 0.1) is 5.92 Å². The Morgan fingerprint density at radius 2 is 1.91 bits per heavy atom. The molecule has 0 bridgehead atoms. The van der Waals surface area contributed by atoms with Crippen LogP contribution < -0.4 is 0 Å². The lowest BCUT2D eigenvalue weighted by Crippen LogP contribution is -2.39. The average Bonchev–Trinajstić information content (AvgIpc) is 2.29.